The van der Waals surface area contributed by atoms with Crippen LogP contribution in [0, 0.1) is 6.92 Å². The highest BCUT2D eigenvalue weighted by Gasteiger charge is 2.22. The zero-order valence-electron chi connectivity index (χ0n) is 14.3. The third-order valence-corrected chi connectivity index (χ3v) is 4.56. The minimum atomic E-state index is -0.322. The van der Waals surface area contributed by atoms with Gasteiger partial charge in [-0.15, -0.1) is 0 Å². The van der Waals surface area contributed by atoms with Gasteiger partial charge in [-0.2, -0.15) is 0 Å². The molecule has 0 bridgehead atoms. The minimum absolute atomic E-state index is 0.106. The SMILES string of the molecule is CCCN1CCC(NC(=O)c2cnc3ccc(C)cn3c2=O)CC1. The maximum atomic E-state index is 12.6. The van der Waals surface area contributed by atoms with Gasteiger partial charge in [0.05, 0.1) is 0 Å². The fraction of sp³-hybridized carbons (Fsp3) is 0.500. The Morgan fingerprint density at radius 2 is 2.08 bits per heavy atom. The smallest absolute Gasteiger partial charge is 0.270 e. The van der Waals surface area contributed by atoms with Crippen molar-refractivity contribution in [1.82, 2.24) is 19.6 Å². The summed E-state index contributed by atoms with van der Waals surface area (Å²) in [4.78, 5) is 31.7. The Hall–Kier alpha value is -2.21. The van der Waals surface area contributed by atoms with E-state index >= 15 is 0 Å². The van der Waals surface area contributed by atoms with Gasteiger partial charge in [-0.05, 0) is 44.4 Å². The lowest BCUT2D eigenvalue weighted by molar-refractivity contribution is 0.0909. The third-order valence-electron chi connectivity index (χ3n) is 4.56. The molecule has 1 aliphatic heterocycles. The highest BCUT2D eigenvalue weighted by Crippen LogP contribution is 2.11. The summed E-state index contributed by atoms with van der Waals surface area (Å²) in [5, 5.41) is 3.00. The molecular weight excluding hydrogens is 304 g/mol. The number of piperidine rings is 1. The number of aromatic nitrogens is 2. The Morgan fingerprint density at radius 1 is 1.33 bits per heavy atom. The number of fused-ring (bicyclic) bond motifs is 1. The maximum Gasteiger partial charge on any atom is 0.270 e. The molecule has 2 aromatic rings. The van der Waals surface area contributed by atoms with Crippen molar-refractivity contribution in [3.8, 4) is 0 Å². The minimum Gasteiger partial charge on any atom is -0.349 e. The molecule has 0 radical (unpaired) electrons. The molecule has 0 saturated carbocycles. The Labute approximate surface area is 141 Å². The second-order valence-corrected chi connectivity index (χ2v) is 6.50. The largest absolute Gasteiger partial charge is 0.349 e. The highest BCUT2D eigenvalue weighted by molar-refractivity contribution is 5.93. The summed E-state index contributed by atoms with van der Waals surface area (Å²) in [6.45, 7) is 7.17. The zero-order chi connectivity index (χ0) is 17.1. The van der Waals surface area contributed by atoms with Crippen molar-refractivity contribution < 1.29 is 4.79 Å². The average molecular weight is 328 g/mol. The number of pyridine rings is 1. The van der Waals surface area contributed by atoms with Crippen LogP contribution in [0.2, 0.25) is 0 Å². The predicted octanol–water partition coefficient (Wildman–Crippen LogP) is 1.61. The maximum absolute atomic E-state index is 12.6. The Bertz CT molecular complexity index is 791. The number of nitrogens with one attached hydrogen (secondary N) is 1. The zero-order valence-corrected chi connectivity index (χ0v) is 14.3. The highest BCUT2D eigenvalue weighted by atomic mass is 16.2. The fourth-order valence-electron chi connectivity index (χ4n) is 3.22. The summed E-state index contributed by atoms with van der Waals surface area (Å²) in [7, 11) is 0. The molecule has 0 unspecified atom stereocenters. The molecule has 0 aromatic carbocycles. The number of rotatable bonds is 4. The molecule has 24 heavy (non-hydrogen) atoms. The molecule has 1 aliphatic rings. The molecule has 6 heteroatoms. The van der Waals surface area contributed by atoms with Crippen LogP contribution in [-0.2, 0) is 0 Å². The lowest BCUT2D eigenvalue weighted by Crippen LogP contribution is -2.45. The molecule has 0 spiro atoms. The number of hydrogen-bond donors (Lipinski definition) is 1. The Kier molecular flexibility index (Phi) is 4.94. The van der Waals surface area contributed by atoms with Crippen LogP contribution in [0.4, 0.5) is 0 Å². The summed E-state index contributed by atoms with van der Waals surface area (Å²) in [6.07, 6.45) is 6.09. The van der Waals surface area contributed by atoms with Gasteiger partial charge in [0.15, 0.2) is 0 Å². The van der Waals surface area contributed by atoms with Gasteiger partial charge in [0.1, 0.15) is 11.2 Å². The molecule has 1 amide bonds. The summed E-state index contributed by atoms with van der Waals surface area (Å²) in [5.41, 5.74) is 1.29. The number of amides is 1. The first kappa shape index (κ1) is 16.6. The second kappa shape index (κ2) is 7.13. The summed E-state index contributed by atoms with van der Waals surface area (Å²) >= 11 is 0. The topological polar surface area (TPSA) is 66.7 Å². The molecule has 1 N–H and O–H groups in total. The molecule has 3 heterocycles. The van der Waals surface area contributed by atoms with E-state index in [1.54, 1.807) is 12.3 Å². The van der Waals surface area contributed by atoms with Crippen LogP contribution in [0.1, 0.15) is 42.1 Å². The van der Waals surface area contributed by atoms with E-state index in [4.69, 9.17) is 0 Å². The van der Waals surface area contributed by atoms with Crippen molar-refractivity contribution in [2.24, 2.45) is 0 Å². The quantitative estimate of drug-likeness (QED) is 0.926. The lowest BCUT2D eigenvalue weighted by Gasteiger charge is -2.32. The van der Waals surface area contributed by atoms with Gasteiger partial charge < -0.3 is 10.2 Å². The second-order valence-electron chi connectivity index (χ2n) is 6.50. The lowest BCUT2D eigenvalue weighted by atomic mass is 10.0. The van der Waals surface area contributed by atoms with Crippen molar-refractivity contribution >= 4 is 11.6 Å². The first-order valence-electron chi connectivity index (χ1n) is 8.59. The number of likely N-dealkylation sites (tertiary alicyclic amines) is 1. The van der Waals surface area contributed by atoms with E-state index in [2.05, 4.69) is 22.1 Å². The predicted molar refractivity (Wildman–Crippen MR) is 93.4 cm³/mol. The number of nitrogens with zero attached hydrogens (tertiary/aromatic N) is 3. The van der Waals surface area contributed by atoms with Gasteiger partial charge in [-0.25, -0.2) is 4.98 Å². The van der Waals surface area contributed by atoms with Gasteiger partial charge in [0.2, 0.25) is 0 Å². The molecule has 6 nitrogen and oxygen atoms in total. The van der Waals surface area contributed by atoms with E-state index in [1.807, 2.05) is 13.0 Å². The van der Waals surface area contributed by atoms with Crippen LogP contribution in [0.25, 0.3) is 5.65 Å². The van der Waals surface area contributed by atoms with E-state index in [0.29, 0.717) is 5.65 Å². The van der Waals surface area contributed by atoms with Gasteiger partial charge in [0, 0.05) is 31.5 Å². The molecule has 1 fully saturated rings. The van der Waals surface area contributed by atoms with Crippen LogP contribution >= 0.6 is 0 Å². The van der Waals surface area contributed by atoms with Crippen molar-refractivity contribution in [3.05, 3.63) is 46.0 Å². The van der Waals surface area contributed by atoms with Gasteiger partial charge in [-0.3, -0.25) is 14.0 Å². The van der Waals surface area contributed by atoms with E-state index < -0.39 is 0 Å². The number of carbonyl (C=O) groups is 1. The van der Waals surface area contributed by atoms with Crippen LogP contribution < -0.4 is 10.9 Å². The molecule has 1 saturated heterocycles. The Balaban J connectivity index is 1.73. The van der Waals surface area contributed by atoms with Crippen molar-refractivity contribution in [3.63, 3.8) is 0 Å². The van der Waals surface area contributed by atoms with Gasteiger partial charge in [0.25, 0.3) is 11.5 Å². The third kappa shape index (κ3) is 3.48. The first-order chi connectivity index (χ1) is 11.6. The van der Waals surface area contributed by atoms with E-state index in [9.17, 15) is 9.59 Å². The normalized spacial score (nSPS) is 16.4. The van der Waals surface area contributed by atoms with Crippen LogP contribution in [-0.4, -0.2) is 45.9 Å². The van der Waals surface area contributed by atoms with E-state index in [0.717, 1.165) is 44.5 Å². The van der Waals surface area contributed by atoms with Gasteiger partial charge in [-0.1, -0.05) is 13.0 Å². The fourth-order valence-corrected chi connectivity index (χ4v) is 3.22. The molecule has 2 aromatic heterocycles. The molecule has 128 valence electrons. The summed E-state index contributed by atoms with van der Waals surface area (Å²) in [6, 6.07) is 3.80. The van der Waals surface area contributed by atoms with Crippen LogP contribution in [0.5, 0.6) is 0 Å². The molecule has 3 rings (SSSR count). The number of carbonyl (C=O) groups excluding carboxylic acids is 1. The van der Waals surface area contributed by atoms with Crippen LogP contribution in [0.15, 0.2) is 29.3 Å². The van der Waals surface area contributed by atoms with Crippen molar-refractivity contribution in [2.75, 3.05) is 19.6 Å². The molecule has 0 aliphatic carbocycles. The number of aryl methyl sites for hydroxylation is 1. The average Bonchev–Trinajstić information content (AvgIpc) is 2.57. The first-order valence-corrected chi connectivity index (χ1v) is 8.59. The van der Waals surface area contributed by atoms with E-state index in [1.165, 1.54) is 10.6 Å². The van der Waals surface area contributed by atoms with Crippen LogP contribution in [0.3, 0.4) is 0 Å². The summed E-state index contributed by atoms with van der Waals surface area (Å²) < 4.78 is 1.44. The standard InChI is InChI=1S/C18H24N4O2/c1-3-8-21-9-6-14(7-10-21)20-17(23)15-11-19-16-5-4-13(2)12-22(16)18(15)24/h4-5,11-12,14H,3,6-10H2,1-2H3,(H,20,23). The van der Waals surface area contributed by atoms with Gasteiger partial charge >= 0.3 is 0 Å². The molecular formula is C18H24N4O2. The molecule has 0 atom stereocenters. The number of hydrogen-bond acceptors (Lipinski definition) is 4. The van der Waals surface area contributed by atoms with Crippen molar-refractivity contribution in [2.45, 2.75) is 39.2 Å². The Morgan fingerprint density at radius 3 is 2.79 bits per heavy atom. The van der Waals surface area contributed by atoms with E-state index in [-0.39, 0.29) is 23.1 Å². The van der Waals surface area contributed by atoms with Crippen molar-refractivity contribution in [1.29, 1.82) is 0 Å². The monoisotopic (exact) mass is 328 g/mol. The summed E-state index contributed by atoms with van der Waals surface area (Å²) in [5.74, 6) is -0.322.